The normalized spacial score (nSPS) is 11.4. The van der Waals surface area contributed by atoms with Crippen molar-refractivity contribution in [2.24, 2.45) is 0 Å². The van der Waals surface area contributed by atoms with Crippen LogP contribution in [0.25, 0.3) is 33.7 Å². The van der Waals surface area contributed by atoms with Crippen LogP contribution in [0.5, 0.6) is 5.75 Å². The SMILES string of the molecule is C=CCc1cc(-c2ccc(OCCC[N+](C)(C)CC(=O)NCCCC)c(CC=C)c2)c2oc(-c3ccc(Br)cc3)nc2c1. The molecule has 0 aliphatic rings. The predicted molar refractivity (Wildman–Crippen MR) is 180 cm³/mol. The van der Waals surface area contributed by atoms with Gasteiger partial charge in [-0.15, -0.1) is 13.2 Å². The standard InChI is InChI=1S/C36H42BrN3O3/c1-6-9-19-38-34(41)25-40(4,5)20-10-21-42-33-18-15-28(24-29(33)12-8-3)31-22-26(11-7-2)23-32-35(31)43-36(39-32)27-13-16-30(37)17-14-27/h7-8,13-18,22-24H,2-3,6,9-12,19-21,25H2,1,4-5H3/p+1. The summed E-state index contributed by atoms with van der Waals surface area (Å²) in [4.78, 5) is 17.1. The molecule has 0 aliphatic heterocycles. The summed E-state index contributed by atoms with van der Waals surface area (Å²) in [5.41, 5.74) is 6.69. The molecule has 0 atom stereocenters. The number of rotatable bonds is 16. The minimum absolute atomic E-state index is 0.102. The van der Waals surface area contributed by atoms with Crippen LogP contribution in [-0.2, 0) is 17.6 Å². The molecule has 0 radical (unpaired) electrons. The number of ether oxygens (including phenoxy) is 1. The fourth-order valence-corrected chi connectivity index (χ4v) is 5.38. The molecule has 0 spiro atoms. The molecule has 0 saturated carbocycles. The Morgan fingerprint density at radius 3 is 2.49 bits per heavy atom. The van der Waals surface area contributed by atoms with E-state index in [1.54, 1.807) is 0 Å². The minimum atomic E-state index is 0.102. The number of unbranched alkanes of at least 4 members (excludes halogenated alkanes) is 1. The van der Waals surface area contributed by atoms with Gasteiger partial charge in [-0.3, -0.25) is 4.79 Å². The highest BCUT2D eigenvalue weighted by Gasteiger charge is 2.20. The van der Waals surface area contributed by atoms with E-state index < -0.39 is 0 Å². The summed E-state index contributed by atoms with van der Waals surface area (Å²) in [6, 6.07) is 18.5. The lowest BCUT2D eigenvalue weighted by molar-refractivity contribution is -0.882. The van der Waals surface area contributed by atoms with Crippen LogP contribution >= 0.6 is 15.9 Å². The molecule has 6 nitrogen and oxygen atoms in total. The molecule has 1 amide bonds. The minimum Gasteiger partial charge on any atom is -0.493 e. The van der Waals surface area contributed by atoms with Gasteiger partial charge in [0.05, 0.1) is 27.2 Å². The zero-order chi connectivity index (χ0) is 30.8. The molecule has 4 aromatic rings. The van der Waals surface area contributed by atoms with E-state index in [1.807, 2.05) is 42.5 Å². The topological polar surface area (TPSA) is 64.4 Å². The van der Waals surface area contributed by atoms with Crippen LogP contribution in [0.3, 0.4) is 0 Å². The molecule has 0 unspecified atom stereocenters. The van der Waals surface area contributed by atoms with E-state index in [2.05, 4.69) is 79.7 Å². The average Bonchev–Trinajstić information content (AvgIpc) is 3.40. The zero-order valence-electron chi connectivity index (χ0n) is 25.6. The van der Waals surface area contributed by atoms with Gasteiger partial charge < -0.3 is 19.0 Å². The number of nitrogens with zero attached hydrogens (tertiary/aromatic N) is 2. The number of halogens is 1. The van der Waals surface area contributed by atoms with Crippen molar-refractivity contribution in [3.8, 4) is 28.3 Å². The van der Waals surface area contributed by atoms with E-state index in [0.717, 1.165) is 87.9 Å². The highest BCUT2D eigenvalue weighted by Crippen LogP contribution is 2.36. The predicted octanol–water partition coefficient (Wildman–Crippen LogP) is 8.14. The monoisotopic (exact) mass is 644 g/mol. The number of quaternary nitrogens is 1. The molecule has 0 saturated heterocycles. The highest BCUT2D eigenvalue weighted by atomic mass is 79.9. The fraction of sp³-hybridized carbons (Fsp3) is 0.333. The Morgan fingerprint density at radius 2 is 1.77 bits per heavy atom. The Balaban J connectivity index is 1.52. The second-order valence-corrected chi connectivity index (χ2v) is 12.5. The van der Waals surface area contributed by atoms with Crippen LogP contribution in [0.2, 0.25) is 0 Å². The van der Waals surface area contributed by atoms with Crippen molar-refractivity contribution in [2.75, 3.05) is 40.3 Å². The Hall–Kier alpha value is -3.68. The highest BCUT2D eigenvalue weighted by molar-refractivity contribution is 9.10. The van der Waals surface area contributed by atoms with Gasteiger partial charge in [-0.05, 0) is 84.5 Å². The summed E-state index contributed by atoms with van der Waals surface area (Å²) in [5.74, 6) is 1.54. The lowest BCUT2D eigenvalue weighted by Gasteiger charge is -2.29. The number of carbonyl (C=O) groups is 1. The van der Waals surface area contributed by atoms with E-state index in [-0.39, 0.29) is 5.91 Å². The number of hydrogen-bond acceptors (Lipinski definition) is 4. The molecule has 4 rings (SSSR count). The van der Waals surface area contributed by atoms with Crippen LogP contribution in [0.4, 0.5) is 0 Å². The summed E-state index contributed by atoms with van der Waals surface area (Å²) in [5, 5.41) is 3.02. The Kier molecular flexibility index (Phi) is 11.4. The van der Waals surface area contributed by atoms with Crippen molar-refractivity contribution in [3.63, 3.8) is 0 Å². The second kappa shape index (κ2) is 15.2. The molecule has 0 aliphatic carbocycles. The molecule has 0 fully saturated rings. The quantitative estimate of drug-likeness (QED) is 0.0759. The molecule has 1 N–H and O–H groups in total. The van der Waals surface area contributed by atoms with Gasteiger partial charge in [0.15, 0.2) is 12.1 Å². The van der Waals surface area contributed by atoms with Crippen LogP contribution in [-0.4, -0.2) is 55.7 Å². The molecular weight excluding hydrogens is 602 g/mol. The van der Waals surface area contributed by atoms with E-state index in [0.29, 0.717) is 29.9 Å². The molecular formula is C36H43BrN3O3+. The third kappa shape index (κ3) is 8.91. The molecule has 1 aromatic heterocycles. The number of fused-ring (bicyclic) bond motifs is 1. The Labute approximate surface area is 264 Å². The first-order valence-electron chi connectivity index (χ1n) is 15.0. The molecule has 7 heteroatoms. The maximum Gasteiger partial charge on any atom is 0.275 e. The van der Waals surface area contributed by atoms with Crippen molar-refractivity contribution in [1.82, 2.24) is 10.3 Å². The first-order chi connectivity index (χ1) is 20.7. The van der Waals surface area contributed by atoms with E-state index >= 15 is 0 Å². The van der Waals surface area contributed by atoms with Crippen LogP contribution < -0.4 is 10.1 Å². The van der Waals surface area contributed by atoms with E-state index in [1.165, 1.54) is 0 Å². The summed E-state index contributed by atoms with van der Waals surface area (Å²) < 4.78 is 14.3. The number of nitrogens with one attached hydrogen (secondary N) is 1. The molecule has 226 valence electrons. The van der Waals surface area contributed by atoms with E-state index in [9.17, 15) is 4.79 Å². The van der Waals surface area contributed by atoms with Crippen LogP contribution in [0.1, 0.15) is 37.3 Å². The average molecular weight is 646 g/mol. The number of aromatic nitrogens is 1. The van der Waals surface area contributed by atoms with Crippen molar-refractivity contribution >= 4 is 32.9 Å². The molecule has 3 aromatic carbocycles. The zero-order valence-corrected chi connectivity index (χ0v) is 27.2. The molecule has 43 heavy (non-hydrogen) atoms. The number of allylic oxidation sites excluding steroid dienone is 2. The first kappa shape index (κ1) is 32.2. The lowest BCUT2D eigenvalue weighted by atomic mass is 9.97. The van der Waals surface area contributed by atoms with Gasteiger partial charge in [-0.1, -0.05) is 47.5 Å². The van der Waals surface area contributed by atoms with Crippen LogP contribution in [0, 0.1) is 0 Å². The van der Waals surface area contributed by atoms with Gasteiger partial charge in [0.1, 0.15) is 11.3 Å². The molecule has 1 heterocycles. The summed E-state index contributed by atoms with van der Waals surface area (Å²) in [6.07, 6.45) is 8.14. The number of amides is 1. The van der Waals surface area contributed by atoms with Gasteiger partial charge >= 0.3 is 0 Å². The number of carbonyl (C=O) groups excluding carboxylic acids is 1. The van der Waals surface area contributed by atoms with Gasteiger partial charge in [-0.25, -0.2) is 4.98 Å². The van der Waals surface area contributed by atoms with Crippen molar-refractivity contribution in [3.05, 3.63) is 95.5 Å². The van der Waals surface area contributed by atoms with Gasteiger partial charge in [0.2, 0.25) is 5.89 Å². The van der Waals surface area contributed by atoms with E-state index in [4.69, 9.17) is 14.1 Å². The van der Waals surface area contributed by atoms with Crippen molar-refractivity contribution < 1.29 is 18.4 Å². The summed E-state index contributed by atoms with van der Waals surface area (Å²) in [7, 11) is 4.18. The third-order valence-electron chi connectivity index (χ3n) is 7.35. The maximum atomic E-state index is 12.3. The number of hydrogen-bond donors (Lipinski definition) is 1. The molecule has 0 bridgehead atoms. The van der Waals surface area contributed by atoms with Gasteiger partial charge in [0, 0.05) is 28.6 Å². The summed E-state index contributed by atoms with van der Waals surface area (Å²) in [6.45, 7) is 12.7. The number of likely N-dealkylation sites (N-methyl/N-ethyl adjacent to an activating group) is 1. The van der Waals surface area contributed by atoms with Gasteiger partial charge in [0.25, 0.3) is 5.91 Å². The van der Waals surface area contributed by atoms with Crippen LogP contribution in [0.15, 0.2) is 88.8 Å². The number of benzene rings is 3. The van der Waals surface area contributed by atoms with Crippen molar-refractivity contribution in [1.29, 1.82) is 0 Å². The lowest BCUT2D eigenvalue weighted by Crippen LogP contribution is -2.48. The summed E-state index contributed by atoms with van der Waals surface area (Å²) >= 11 is 3.50. The maximum absolute atomic E-state index is 12.3. The smallest absolute Gasteiger partial charge is 0.275 e. The Bertz CT molecular complexity index is 1560. The second-order valence-electron chi connectivity index (χ2n) is 11.5. The first-order valence-corrected chi connectivity index (χ1v) is 15.8. The fourth-order valence-electron chi connectivity index (χ4n) is 5.11. The largest absolute Gasteiger partial charge is 0.493 e. The third-order valence-corrected chi connectivity index (χ3v) is 7.87. The van der Waals surface area contributed by atoms with Crippen molar-refractivity contribution in [2.45, 2.75) is 39.0 Å². The Morgan fingerprint density at radius 1 is 1.02 bits per heavy atom. The number of oxazole rings is 1. The van der Waals surface area contributed by atoms with Gasteiger partial charge in [-0.2, -0.15) is 0 Å².